The van der Waals surface area contributed by atoms with Crippen LogP contribution in [-0.4, -0.2) is 19.0 Å². The maximum Gasteiger partial charge on any atom is 0.339 e. The zero-order valence-corrected chi connectivity index (χ0v) is 13.5. The fourth-order valence-corrected chi connectivity index (χ4v) is 2.51. The van der Waals surface area contributed by atoms with Crippen molar-refractivity contribution >= 4 is 40.8 Å². The van der Waals surface area contributed by atoms with Gasteiger partial charge in [0.2, 0.25) is 0 Å². The van der Waals surface area contributed by atoms with Gasteiger partial charge in [-0.2, -0.15) is 0 Å². The van der Waals surface area contributed by atoms with E-state index in [1.165, 1.54) is 25.3 Å². The van der Waals surface area contributed by atoms with Crippen LogP contribution >= 0.6 is 23.2 Å². The van der Waals surface area contributed by atoms with Crippen LogP contribution in [0.4, 0.5) is 5.69 Å². The molecule has 0 bridgehead atoms. The van der Waals surface area contributed by atoms with Gasteiger partial charge in [0.05, 0.1) is 18.4 Å². The number of benzene rings is 2. The second kappa shape index (κ2) is 6.81. The zero-order chi connectivity index (χ0) is 16.3. The van der Waals surface area contributed by atoms with Crippen LogP contribution in [0.5, 0.6) is 0 Å². The van der Waals surface area contributed by atoms with Crippen molar-refractivity contribution in [2.24, 2.45) is 0 Å². The van der Waals surface area contributed by atoms with Gasteiger partial charge >= 0.3 is 5.97 Å². The molecule has 2 aromatic carbocycles. The Kier molecular flexibility index (Phi) is 5.06. The number of carbonyl (C=O) groups excluding carboxylic acids is 2. The number of para-hydroxylation sites is 1. The van der Waals surface area contributed by atoms with Gasteiger partial charge < -0.3 is 10.1 Å². The molecule has 114 valence electrons. The highest BCUT2D eigenvalue weighted by atomic mass is 35.5. The van der Waals surface area contributed by atoms with E-state index < -0.39 is 11.9 Å². The molecule has 2 aromatic rings. The second-order valence-corrected chi connectivity index (χ2v) is 5.47. The Balaban J connectivity index is 2.38. The number of hydrogen-bond acceptors (Lipinski definition) is 3. The maximum atomic E-state index is 12.4. The zero-order valence-electron chi connectivity index (χ0n) is 11.9. The first-order chi connectivity index (χ1) is 10.4. The lowest BCUT2D eigenvalue weighted by Crippen LogP contribution is -2.16. The number of rotatable bonds is 3. The van der Waals surface area contributed by atoms with E-state index in [1.54, 1.807) is 25.1 Å². The van der Waals surface area contributed by atoms with Crippen LogP contribution in [0, 0.1) is 6.92 Å². The van der Waals surface area contributed by atoms with Crippen LogP contribution in [0.3, 0.4) is 0 Å². The van der Waals surface area contributed by atoms with Gasteiger partial charge in [-0.3, -0.25) is 4.79 Å². The molecule has 1 amide bonds. The molecule has 22 heavy (non-hydrogen) atoms. The number of hydrogen-bond donors (Lipinski definition) is 1. The summed E-state index contributed by atoms with van der Waals surface area (Å²) in [6, 6.07) is 9.62. The van der Waals surface area contributed by atoms with Gasteiger partial charge in [0.15, 0.2) is 0 Å². The van der Waals surface area contributed by atoms with Crippen molar-refractivity contribution in [3.8, 4) is 0 Å². The first-order valence-electron chi connectivity index (χ1n) is 6.37. The van der Waals surface area contributed by atoms with E-state index in [4.69, 9.17) is 27.9 Å². The molecule has 0 saturated heterocycles. The van der Waals surface area contributed by atoms with Gasteiger partial charge in [-0.05, 0) is 36.8 Å². The standard InChI is InChI=1S/C16H13Cl2NO3/c1-9-4-3-5-13(16(21)22-2)14(9)19-15(20)10-6-11(17)8-12(18)7-10/h3-8H,1-2H3,(H,19,20). The number of halogens is 2. The van der Waals surface area contributed by atoms with Crippen molar-refractivity contribution in [1.82, 2.24) is 0 Å². The Morgan fingerprint density at radius 1 is 1.09 bits per heavy atom. The minimum absolute atomic E-state index is 0.281. The summed E-state index contributed by atoms with van der Waals surface area (Å²) in [4.78, 5) is 24.2. The van der Waals surface area contributed by atoms with E-state index in [-0.39, 0.29) is 5.56 Å². The van der Waals surface area contributed by atoms with Crippen molar-refractivity contribution in [2.45, 2.75) is 6.92 Å². The molecular weight excluding hydrogens is 325 g/mol. The minimum atomic E-state index is -0.525. The SMILES string of the molecule is COC(=O)c1cccc(C)c1NC(=O)c1cc(Cl)cc(Cl)c1. The van der Waals surface area contributed by atoms with Gasteiger partial charge in [-0.25, -0.2) is 4.79 Å². The van der Waals surface area contributed by atoms with Gasteiger partial charge in [-0.15, -0.1) is 0 Å². The summed E-state index contributed by atoms with van der Waals surface area (Å²) in [6.07, 6.45) is 0. The lowest BCUT2D eigenvalue weighted by molar-refractivity contribution is 0.0602. The monoisotopic (exact) mass is 337 g/mol. The number of anilines is 1. The molecule has 0 aliphatic rings. The number of methoxy groups -OCH3 is 1. The van der Waals surface area contributed by atoms with E-state index in [9.17, 15) is 9.59 Å². The molecular formula is C16H13Cl2NO3. The molecule has 0 saturated carbocycles. The molecule has 2 rings (SSSR count). The molecule has 0 heterocycles. The van der Waals surface area contributed by atoms with Gasteiger partial charge in [0.25, 0.3) is 5.91 Å². The normalized spacial score (nSPS) is 10.2. The molecule has 0 fully saturated rings. The summed E-state index contributed by atoms with van der Waals surface area (Å²) in [6.45, 7) is 1.78. The van der Waals surface area contributed by atoms with Crippen LogP contribution in [0.25, 0.3) is 0 Å². The first-order valence-corrected chi connectivity index (χ1v) is 7.13. The van der Waals surface area contributed by atoms with Crippen LogP contribution in [0.15, 0.2) is 36.4 Å². The average molecular weight is 338 g/mol. The third kappa shape index (κ3) is 3.59. The molecule has 4 nitrogen and oxygen atoms in total. The lowest BCUT2D eigenvalue weighted by Gasteiger charge is -2.13. The molecule has 0 aliphatic carbocycles. The van der Waals surface area contributed by atoms with Gasteiger partial charge in [0.1, 0.15) is 0 Å². The predicted octanol–water partition coefficient (Wildman–Crippen LogP) is 4.34. The smallest absolute Gasteiger partial charge is 0.339 e. The summed E-state index contributed by atoms with van der Waals surface area (Å²) in [5, 5.41) is 3.42. The van der Waals surface area contributed by atoms with Crippen LogP contribution in [0.1, 0.15) is 26.3 Å². The Morgan fingerprint density at radius 3 is 2.32 bits per heavy atom. The molecule has 0 spiro atoms. The Hall–Kier alpha value is -2.04. The molecule has 0 radical (unpaired) electrons. The molecule has 0 atom stereocenters. The van der Waals surface area contributed by atoms with Crippen molar-refractivity contribution in [1.29, 1.82) is 0 Å². The topological polar surface area (TPSA) is 55.4 Å². The number of aryl methyl sites for hydroxylation is 1. The van der Waals surface area contributed by atoms with E-state index in [0.717, 1.165) is 5.56 Å². The molecule has 1 N–H and O–H groups in total. The predicted molar refractivity (Wildman–Crippen MR) is 86.9 cm³/mol. The maximum absolute atomic E-state index is 12.4. The quantitative estimate of drug-likeness (QED) is 0.847. The summed E-state index contributed by atoms with van der Waals surface area (Å²) in [7, 11) is 1.28. The number of nitrogens with one attached hydrogen (secondary N) is 1. The first kappa shape index (κ1) is 16.3. The van der Waals surface area contributed by atoms with Crippen molar-refractivity contribution in [3.63, 3.8) is 0 Å². The molecule has 0 aromatic heterocycles. The fraction of sp³-hybridized carbons (Fsp3) is 0.125. The second-order valence-electron chi connectivity index (χ2n) is 4.60. The number of carbonyl (C=O) groups is 2. The average Bonchev–Trinajstić information content (AvgIpc) is 2.47. The highest BCUT2D eigenvalue weighted by Gasteiger charge is 2.17. The third-order valence-electron chi connectivity index (χ3n) is 3.04. The Bertz CT molecular complexity index is 724. The van der Waals surface area contributed by atoms with Gasteiger partial charge in [0, 0.05) is 15.6 Å². The number of esters is 1. The third-order valence-corrected chi connectivity index (χ3v) is 3.48. The highest BCUT2D eigenvalue weighted by Crippen LogP contribution is 2.24. The van der Waals surface area contributed by atoms with Crippen molar-refractivity contribution in [2.75, 3.05) is 12.4 Å². The lowest BCUT2D eigenvalue weighted by atomic mass is 10.1. The van der Waals surface area contributed by atoms with Crippen LogP contribution in [-0.2, 0) is 4.74 Å². The summed E-state index contributed by atoms with van der Waals surface area (Å²) >= 11 is 11.8. The van der Waals surface area contributed by atoms with E-state index in [1.807, 2.05) is 0 Å². The summed E-state index contributed by atoms with van der Waals surface area (Å²) < 4.78 is 4.72. The number of ether oxygens (including phenoxy) is 1. The molecule has 0 aliphatic heterocycles. The highest BCUT2D eigenvalue weighted by molar-refractivity contribution is 6.35. The largest absolute Gasteiger partial charge is 0.465 e. The Labute approximate surface area is 138 Å². The minimum Gasteiger partial charge on any atom is -0.465 e. The fourth-order valence-electron chi connectivity index (χ4n) is 1.98. The summed E-state index contributed by atoms with van der Waals surface area (Å²) in [5.74, 6) is -0.938. The van der Waals surface area contributed by atoms with E-state index in [2.05, 4.69) is 5.32 Å². The van der Waals surface area contributed by atoms with Crippen molar-refractivity contribution < 1.29 is 14.3 Å². The molecule has 6 heteroatoms. The van der Waals surface area contributed by atoms with Crippen LogP contribution < -0.4 is 5.32 Å². The van der Waals surface area contributed by atoms with Crippen LogP contribution in [0.2, 0.25) is 10.0 Å². The molecule has 0 unspecified atom stereocenters. The van der Waals surface area contributed by atoms with Gasteiger partial charge in [-0.1, -0.05) is 35.3 Å². The number of amides is 1. The summed E-state index contributed by atoms with van der Waals surface area (Å²) in [5.41, 5.74) is 1.72. The van der Waals surface area contributed by atoms with E-state index >= 15 is 0 Å². The van der Waals surface area contributed by atoms with Crippen molar-refractivity contribution in [3.05, 3.63) is 63.1 Å². The van der Waals surface area contributed by atoms with E-state index in [0.29, 0.717) is 21.3 Å². The Morgan fingerprint density at radius 2 is 1.73 bits per heavy atom.